The first-order chi connectivity index (χ1) is 22.6. The zero-order chi connectivity index (χ0) is 34.3. The SMILES string of the molecule is COc1ccc(C#Cc2ccc(CN(CC3CCCC3)c3ccc([O-])c(C(=O)O)c3)cc2)cc1.C[NH2+]C[C@H](O)[C@@H](O)[C@H](O)[C@H](O)CO. The standard InChI is InChI=1S/C29H29NO4.C7H17NO5/c1-34-26-15-12-22(13-16-26)7-6-21-8-10-24(11-9-21)20-30(19-23-4-2-3-5-23)25-14-17-28(31)27(18-25)29(32)33;1-8-2-4(10)6(12)7(13)5(11)3-9/h8-18,23,31H,2-5,19-20H2,1H3,(H,32,33);4-13H,2-3H2,1H3/t;4-,5+,6+,7+/m.0/s1. The van der Waals surface area contributed by atoms with Gasteiger partial charge in [0.05, 0.1) is 26.3 Å². The van der Waals surface area contributed by atoms with E-state index in [9.17, 15) is 25.2 Å². The summed E-state index contributed by atoms with van der Waals surface area (Å²) in [5, 5.41) is 67.9. The van der Waals surface area contributed by atoms with Gasteiger partial charge in [-0.2, -0.15) is 0 Å². The minimum Gasteiger partial charge on any atom is -0.872 e. The van der Waals surface area contributed by atoms with Gasteiger partial charge in [-0.05, 0) is 72.9 Å². The van der Waals surface area contributed by atoms with Crippen molar-refractivity contribution in [3.63, 3.8) is 0 Å². The summed E-state index contributed by atoms with van der Waals surface area (Å²) < 4.78 is 5.18. The van der Waals surface area contributed by atoms with E-state index in [2.05, 4.69) is 28.9 Å². The number of nitrogens with two attached hydrogens (primary N) is 1. The second kappa shape index (κ2) is 18.9. The zero-order valence-electron chi connectivity index (χ0n) is 26.8. The molecule has 0 radical (unpaired) electrons. The lowest BCUT2D eigenvalue weighted by atomic mass is 10.0. The van der Waals surface area contributed by atoms with Crippen molar-refractivity contribution in [3.8, 4) is 23.3 Å². The van der Waals surface area contributed by atoms with Crippen LogP contribution in [0.5, 0.6) is 11.5 Å². The summed E-state index contributed by atoms with van der Waals surface area (Å²) in [6, 6.07) is 20.4. The molecule has 0 aromatic heterocycles. The molecule has 0 spiro atoms. The number of hydrogen-bond acceptors (Lipinski definition) is 9. The van der Waals surface area contributed by atoms with Crippen LogP contribution in [0.25, 0.3) is 0 Å². The average molecular weight is 651 g/mol. The van der Waals surface area contributed by atoms with E-state index >= 15 is 0 Å². The monoisotopic (exact) mass is 650 g/mol. The maximum Gasteiger partial charge on any atom is 0.335 e. The van der Waals surface area contributed by atoms with Crippen molar-refractivity contribution >= 4 is 11.7 Å². The molecule has 1 aliphatic carbocycles. The van der Waals surface area contributed by atoms with Gasteiger partial charge in [-0.3, -0.25) is 0 Å². The predicted molar refractivity (Wildman–Crippen MR) is 175 cm³/mol. The normalized spacial score (nSPS) is 15.3. The van der Waals surface area contributed by atoms with Crippen LogP contribution in [-0.4, -0.2) is 94.9 Å². The first-order valence-corrected chi connectivity index (χ1v) is 15.7. The van der Waals surface area contributed by atoms with Gasteiger partial charge in [-0.1, -0.05) is 48.6 Å². The number of anilines is 1. The van der Waals surface area contributed by atoms with E-state index in [-0.39, 0.29) is 12.1 Å². The Balaban J connectivity index is 0.000000392. The number of quaternary nitrogens is 1. The molecule has 11 nitrogen and oxygen atoms in total. The molecule has 4 atom stereocenters. The second-order valence-electron chi connectivity index (χ2n) is 11.6. The van der Waals surface area contributed by atoms with Crippen molar-refractivity contribution in [3.05, 3.63) is 89.0 Å². The summed E-state index contributed by atoms with van der Waals surface area (Å²) in [5.41, 5.74) is 3.54. The highest BCUT2D eigenvalue weighted by atomic mass is 16.5. The Bertz CT molecular complexity index is 1450. The number of carboxylic acids is 1. The van der Waals surface area contributed by atoms with Crippen LogP contribution in [-0.2, 0) is 6.54 Å². The van der Waals surface area contributed by atoms with E-state index in [0.717, 1.165) is 34.7 Å². The molecule has 1 fully saturated rings. The van der Waals surface area contributed by atoms with Crippen molar-refractivity contribution in [2.75, 3.05) is 38.8 Å². The number of carbonyl (C=O) groups is 1. The van der Waals surface area contributed by atoms with E-state index in [4.69, 9.17) is 20.1 Å². The van der Waals surface area contributed by atoms with Crippen LogP contribution >= 0.6 is 0 Å². The molecule has 0 unspecified atom stereocenters. The molecular formula is C36H46N2O9. The minimum atomic E-state index is -1.53. The average Bonchev–Trinajstić information content (AvgIpc) is 3.60. The van der Waals surface area contributed by atoms with Crippen molar-refractivity contribution < 1.29 is 50.6 Å². The molecular weight excluding hydrogens is 604 g/mol. The van der Waals surface area contributed by atoms with Crippen LogP contribution in [0.15, 0.2) is 66.7 Å². The molecule has 3 aromatic carbocycles. The lowest BCUT2D eigenvalue weighted by Gasteiger charge is -2.29. The highest BCUT2D eigenvalue weighted by Gasteiger charge is 2.30. The van der Waals surface area contributed by atoms with Crippen LogP contribution in [0.2, 0.25) is 0 Å². The number of aliphatic hydroxyl groups is 5. The number of hydrogen-bond donors (Lipinski definition) is 7. The molecule has 3 aromatic rings. The molecule has 4 rings (SSSR count). The maximum absolute atomic E-state index is 12.0. The smallest absolute Gasteiger partial charge is 0.335 e. The quantitative estimate of drug-likeness (QED) is 0.130. The number of likely N-dealkylation sites (N-methyl/N-ethyl adjacent to an activating group) is 1. The lowest BCUT2D eigenvalue weighted by Crippen LogP contribution is -2.83. The molecule has 0 amide bonds. The molecule has 8 N–H and O–H groups in total. The van der Waals surface area contributed by atoms with Crippen molar-refractivity contribution in [2.45, 2.75) is 56.6 Å². The van der Waals surface area contributed by atoms with Gasteiger partial charge in [0.25, 0.3) is 0 Å². The Labute approximate surface area is 275 Å². The summed E-state index contributed by atoms with van der Waals surface area (Å²) in [6.45, 7) is 1.05. The maximum atomic E-state index is 12.0. The number of carboxylic acid groups (broad SMARTS) is 1. The second-order valence-corrected chi connectivity index (χ2v) is 11.6. The molecule has 0 aliphatic heterocycles. The molecule has 1 saturated carbocycles. The van der Waals surface area contributed by atoms with Crippen LogP contribution in [0.1, 0.15) is 52.7 Å². The van der Waals surface area contributed by atoms with E-state index in [0.29, 0.717) is 12.5 Å². The minimum absolute atomic E-state index is 0.182. The zero-order valence-corrected chi connectivity index (χ0v) is 26.8. The van der Waals surface area contributed by atoms with Crippen LogP contribution in [0.4, 0.5) is 5.69 Å². The van der Waals surface area contributed by atoms with Gasteiger partial charge < -0.3 is 50.7 Å². The largest absolute Gasteiger partial charge is 0.872 e. The Morgan fingerprint density at radius 3 is 2.04 bits per heavy atom. The molecule has 0 saturated heterocycles. The number of benzene rings is 3. The molecule has 47 heavy (non-hydrogen) atoms. The van der Waals surface area contributed by atoms with E-state index < -0.39 is 42.7 Å². The van der Waals surface area contributed by atoms with Gasteiger partial charge in [-0.15, -0.1) is 0 Å². The summed E-state index contributed by atoms with van der Waals surface area (Å²) in [5.74, 6) is 6.09. The third-order valence-corrected chi connectivity index (χ3v) is 8.08. The number of aromatic carboxylic acids is 1. The van der Waals surface area contributed by atoms with Gasteiger partial charge >= 0.3 is 5.97 Å². The number of aliphatic hydroxyl groups excluding tert-OH is 5. The highest BCUT2D eigenvalue weighted by Crippen LogP contribution is 2.30. The van der Waals surface area contributed by atoms with Crippen LogP contribution < -0.4 is 20.1 Å². The number of rotatable bonds is 13. The molecule has 0 heterocycles. The summed E-state index contributed by atoms with van der Waals surface area (Å²) in [4.78, 5) is 13.7. The van der Waals surface area contributed by atoms with E-state index in [1.165, 1.54) is 37.8 Å². The third-order valence-electron chi connectivity index (χ3n) is 8.08. The third kappa shape index (κ3) is 11.6. The topological polar surface area (TPSA) is 191 Å². The van der Waals surface area contributed by atoms with Gasteiger partial charge in [0.2, 0.25) is 0 Å². The first kappa shape index (κ1) is 37.3. The number of ether oxygens (including phenoxy) is 1. The van der Waals surface area contributed by atoms with Gasteiger partial charge in [0.1, 0.15) is 36.7 Å². The Morgan fingerprint density at radius 1 is 0.936 bits per heavy atom. The van der Waals surface area contributed by atoms with Crippen LogP contribution in [0, 0.1) is 17.8 Å². The molecule has 254 valence electrons. The molecule has 11 heteroatoms. The van der Waals surface area contributed by atoms with Crippen molar-refractivity contribution in [1.82, 2.24) is 0 Å². The fourth-order valence-corrected chi connectivity index (χ4v) is 5.32. The highest BCUT2D eigenvalue weighted by molar-refractivity contribution is 5.91. The van der Waals surface area contributed by atoms with Gasteiger partial charge in [0, 0.05) is 29.9 Å². The Kier molecular flexibility index (Phi) is 15.0. The fourth-order valence-electron chi connectivity index (χ4n) is 5.32. The fraction of sp³-hybridized carbons (Fsp3) is 0.417. The number of nitrogens with zero attached hydrogens (tertiary/aromatic N) is 1. The van der Waals surface area contributed by atoms with E-state index in [1.54, 1.807) is 25.5 Å². The van der Waals surface area contributed by atoms with Gasteiger partial charge in [-0.25, -0.2) is 4.79 Å². The van der Waals surface area contributed by atoms with Crippen molar-refractivity contribution in [2.24, 2.45) is 5.92 Å². The molecule has 0 bridgehead atoms. The van der Waals surface area contributed by atoms with E-state index in [1.807, 2.05) is 36.4 Å². The molecule has 1 aliphatic rings. The number of methoxy groups -OCH3 is 1. The lowest BCUT2D eigenvalue weighted by molar-refractivity contribution is -0.635. The Morgan fingerprint density at radius 2 is 1.51 bits per heavy atom. The predicted octanol–water partition coefficient (Wildman–Crippen LogP) is 0.679. The van der Waals surface area contributed by atoms with Crippen LogP contribution in [0.3, 0.4) is 0 Å². The van der Waals surface area contributed by atoms with Crippen molar-refractivity contribution in [1.29, 1.82) is 0 Å². The Hall–Kier alpha value is -4.15. The summed E-state index contributed by atoms with van der Waals surface area (Å²) in [6.07, 6.45) is -0.690. The summed E-state index contributed by atoms with van der Waals surface area (Å²) in [7, 11) is 3.34. The summed E-state index contributed by atoms with van der Waals surface area (Å²) >= 11 is 0. The first-order valence-electron chi connectivity index (χ1n) is 15.7. The van der Waals surface area contributed by atoms with Gasteiger partial charge in [0.15, 0.2) is 0 Å².